The van der Waals surface area contributed by atoms with Crippen LogP contribution < -0.4 is 10.6 Å². The van der Waals surface area contributed by atoms with Crippen LogP contribution in [0.4, 0.5) is 5.69 Å². The van der Waals surface area contributed by atoms with Gasteiger partial charge in [0.2, 0.25) is 0 Å². The zero-order valence-corrected chi connectivity index (χ0v) is 9.40. The topological polar surface area (TPSA) is 97.2 Å². The Morgan fingerprint density at radius 1 is 1.65 bits per heavy atom. The number of nitrogens with one attached hydrogen (secondary N) is 2. The lowest BCUT2D eigenvalue weighted by molar-refractivity contribution is -0.385. The van der Waals surface area contributed by atoms with Crippen LogP contribution in [0.5, 0.6) is 0 Å². The maximum atomic E-state index is 11.8. The SMILES string of the molecule is O=C(NC1CNC1)c1cc([N+](=O)[O-])cnc1Cl. The summed E-state index contributed by atoms with van der Waals surface area (Å²) in [4.78, 5) is 25.3. The first-order valence-electron chi connectivity index (χ1n) is 4.89. The molecular weight excluding hydrogens is 248 g/mol. The second-order valence-corrected chi connectivity index (χ2v) is 3.98. The molecule has 1 saturated heterocycles. The Kier molecular flexibility index (Phi) is 3.21. The van der Waals surface area contributed by atoms with Crippen molar-refractivity contribution in [3.05, 3.63) is 33.1 Å². The Balaban J connectivity index is 2.20. The Morgan fingerprint density at radius 3 is 2.88 bits per heavy atom. The van der Waals surface area contributed by atoms with Crippen molar-refractivity contribution in [2.75, 3.05) is 13.1 Å². The molecule has 0 radical (unpaired) electrons. The van der Waals surface area contributed by atoms with Gasteiger partial charge in [0.15, 0.2) is 0 Å². The molecule has 0 aliphatic carbocycles. The molecule has 0 spiro atoms. The number of rotatable bonds is 3. The minimum atomic E-state index is -0.620. The smallest absolute Gasteiger partial charge is 0.288 e. The van der Waals surface area contributed by atoms with E-state index in [0.29, 0.717) is 13.1 Å². The van der Waals surface area contributed by atoms with Gasteiger partial charge in [-0.15, -0.1) is 0 Å². The average Bonchev–Trinajstić information content (AvgIpc) is 2.23. The molecule has 0 bridgehead atoms. The van der Waals surface area contributed by atoms with E-state index in [4.69, 9.17) is 11.6 Å². The molecule has 0 atom stereocenters. The fourth-order valence-corrected chi connectivity index (χ4v) is 1.54. The number of pyridine rings is 1. The largest absolute Gasteiger partial charge is 0.347 e. The fraction of sp³-hybridized carbons (Fsp3) is 0.333. The van der Waals surface area contributed by atoms with Gasteiger partial charge < -0.3 is 10.6 Å². The van der Waals surface area contributed by atoms with Crippen LogP contribution in [0, 0.1) is 10.1 Å². The first kappa shape index (κ1) is 11.7. The maximum Gasteiger partial charge on any atom is 0.288 e. The highest BCUT2D eigenvalue weighted by Crippen LogP contribution is 2.19. The zero-order valence-electron chi connectivity index (χ0n) is 8.64. The average molecular weight is 257 g/mol. The first-order valence-corrected chi connectivity index (χ1v) is 5.27. The Morgan fingerprint density at radius 2 is 2.35 bits per heavy atom. The van der Waals surface area contributed by atoms with E-state index in [1.165, 1.54) is 0 Å². The van der Waals surface area contributed by atoms with Gasteiger partial charge in [-0.1, -0.05) is 11.6 Å². The van der Waals surface area contributed by atoms with Gasteiger partial charge in [-0.25, -0.2) is 4.98 Å². The standard InChI is InChI=1S/C9H9ClN4O3/c10-8-7(1-6(4-12-8)14(16)17)9(15)13-5-2-11-3-5/h1,4-5,11H,2-3H2,(H,13,15). The van der Waals surface area contributed by atoms with E-state index < -0.39 is 10.8 Å². The van der Waals surface area contributed by atoms with Crippen molar-refractivity contribution in [3.8, 4) is 0 Å². The van der Waals surface area contributed by atoms with Gasteiger partial charge in [-0.2, -0.15) is 0 Å². The van der Waals surface area contributed by atoms with Crippen molar-refractivity contribution in [2.45, 2.75) is 6.04 Å². The van der Waals surface area contributed by atoms with Crippen LogP contribution in [-0.4, -0.2) is 34.9 Å². The van der Waals surface area contributed by atoms with Crippen LogP contribution in [0.25, 0.3) is 0 Å². The number of hydrogen-bond donors (Lipinski definition) is 2. The number of nitro groups is 1. The summed E-state index contributed by atoms with van der Waals surface area (Å²) < 4.78 is 0. The van der Waals surface area contributed by atoms with Crippen molar-refractivity contribution in [2.24, 2.45) is 0 Å². The first-order chi connectivity index (χ1) is 8.08. The summed E-state index contributed by atoms with van der Waals surface area (Å²) in [6, 6.07) is 1.16. The molecule has 2 N–H and O–H groups in total. The number of amides is 1. The number of halogens is 1. The molecule has 0 unspecified atom stereocenters. The molecule has 0 saturated carbocycles. The highest BCUT2D eigenvalue weighted by Gasteiger charge is 2.22. The van der Waals surface area contributed by atoms with Crippen LogP contribution in [0.15, 0.2) is 12.3 Å². The van der Waals surface area contributed by atoms with Gasteiger partial charge in [-0.05, 0) is 0 Å². The third-order valence-electron chi connectivity index (χ3n) is 2.40. The lowest BCUT2D eigenvalue weighted by Crippen LogP contribution is -2.56. The summed E-state index contributed by atoms with van der Waals surface area (Å²) in [6.45, 7) is 1.37. The van der Waals surface area contributed by atoms with Crippen molar-refractivity contribution in [1.82, 2.24) is 15.6 Å². The van der Waals surface area contributed by atoms with Crippen molar-refractivity contribution >= 4 is 23.2 Å². The summed E-state index contributed by atoms with van der Waals surface area (Å²) in [7, 11) is 0. The zero-order chi connectivity index (χ0) is 12.4. The van der Waals surface area contributed by atoms with E-state index >= 15 is 0 Å². The lowest BCUT2D eigenvalue weighted by atomic mass is 10.1. The molecule has 7 nitrogen and oxygen atoms in total. The van der Waals surface area contributed by atoms with Crippen LogP contribution in [0.3, 0.4) is 0 Å². The van der Waals surface area contributed by atoms with Gasteiger partial charge in [-0.3, -0.25) is 14.9 Å². The second-order valence-electron chi connectivity index (χ2n) is 3.62. The summed E-state index contributed by atoms with van der Waals surface area (Å²) in [5.74, 6) is -0.447. The summed E-state index contributed by atoms with van der Waals surface area (Å²) in [5, 5.41) is 16.2. The van der Waals surface area contributed by atoms with E-state index in [2.05, 4.69) is 15.6 Å². The van der Waals surface area contributed by atoms with Crippen LogP contribution in [0.2, 0.25) is 5.15 Å². The maximum absolute atomic E-state index is 11.8. The summed E-state index contributed by atoms with van der Waals surface area (Å²) in [5.41, 5.74) is -0.237. The minimum Gasteiger partial charge on any atom is -0.347 e. The normalized spacial score (nSPS) is 15.1. The molecule has 0 aromatic carbocycles. The van der Waals surface area contributed by atoms with Gasteiger partial charge in [0, 0.05) is 19.2 Å². The van der Waals surface area contributed by atoms with Crippen molar-refractivity contribution < 1.29 is 9.72 Å². The summed E-state index contributed by atoms with van der Waals surface area (Å²) >= 11 is 5.73. The Labute approximate surface area is 101 Å². The molecule has 1 fully saturated rings. The van der Waals surface area contributed by atoms with Gasteiger partial charge >= 0.3 is 0 Å². The van der Waals surface area contributed by atoms with E-state index in [1.54, 1.807) is 0 Å². The third-order valence-corrected chi connectivity index (χ3v) is 2.70. The number of hydrogen-bond acceptors (Lipinski definition) is 5. The van der Waals surface area contributed by atoms with Gasteiger partial charge in [0.05, 0.1) is 16.5 Å². The Bertz CT molecular complexity index is 475. The monoisotopic (exact) mass is 256 g/mol. The summed E-state index contributed by atoms with van der Waals surface area (Å²) in [6.07, 6.45) is 1.02. The third kappa shape index (κ3) is 2.51. The molecule has 90 valence electrons. The predicted octanol–water partition coefficient (Wildman–Crippen LogP) is 0.345. The number of nitrogens with zero attached hydrogens (tertiary/aromatic N) is 2. The van der Waals surface area contributed by atoms with Crippen LogP contribution >= 0.6 is 11.6 Å². The molecule has 1 aliphatic rings. The molecule has 1 aromatic rings. The van der Waals surface area contributed by atoms with Crippen molar-refractivity contribution in [3.63, 3.8) is 0 Å². The van der Waals surface area contributed by atoms with E-state index in [1.807, 2.05) is 0 Å². The fourth-order valence-electron chi connectivity index (χ4n) is 1.35. The number of carbonyl (C=O) groups is 1. The molecule has 1 aromatic heterocycles. The van der Waals surface area contributed by atoms with Gasteiger partial charge in [0.1, 0.15) is 11.3 Å². The van der Waals surface area contributed by atoms with E-state index in [0.717, 1.165) is 12.3 Å². The quantitative estimate of drug-likeness (QED) is 0.462. The number of aromatic nitrogens is 1. The molecular formula is C9H9ClN4O3. The second kappa shape index (κ2) is 4.64. The Hall–Kier alpha value is -1.73. The van der Waals surface area contributed by atoms with E-state index in [9.17, 15) is 14.9 Å². The number of carbonyl (C=O) groups excluding carboxylic acids is 1. The van der Waals surface area contributed by atoms with Crippen LogP contribution in [-0.2, 0) is 0 Å². The van der Waals surface area contributed by atoms with Crippen LogP contribution in [0.1, 0.15) is 10.4 Å². The lowest BCUT2D eigenvalue weighted by Gasteiger charge is -2.27. The van der Waals surface area contributed by atoms with Crippen molar-refractivity contribution in [1.29, 1.82) is 0 Å². The molecule has 2 heterocycles. The van der Waals surface area contributed by atoms with E-state index in [-0.39, 0.29) is 22.4 Å². The highest BCUT2D eigenvalue weighted by molar-refractivity contribution is 6.32. The molecule has 1 aliphatic heterocycles. The molecule has 1 amide bonds. The molecule has 2 rings (SSSR count). The highest BCUT2D eigenvalue weighted by atomic mass is 35.5. The predicted molar refractivity (Wildman–Crippen MR) is 60.0 cm³/mol. The molecule has 8 heteroatoms. The minimum absolute atomic E-state index is 0.0211. The van der Waals surface area contributed by atoms with Gasteiger partial charge in [0.25, 0.3) is 11.6 Å². The molecule has 17 heavy (non-hydrogen) atoms.